The van der Waals surface area contributed by atoms with Gasteiger partial charge in [0.25, 0.3) is 5.91 Å². The van der Waals surface area contributed by atoms with Gasteiger partial charge in [-0.2, -0.15) is 0 Å². The highest BCUT2D eigenvalue weighted by atomic mass is 16.6. The van der Waals surface area contributed by atoms with Crippen LogP contribution in [0.15, 0.2) is 84.3 Å². The number of oxime groups is 1. The third kappa shape index (κ3) is 6.14. The number of likely N-dealkylation sites (tertiary alicyclic amines) is 1. The van der Waals surface area contributed by atoms with Crippen molar-refractivity contribution in [3.8, 4) is 11.1 Å². The molecule has 1 atom stereocenters. The van der Waals surface area contributed by atoms with Crippen LogP contribution < -0.4 is 0 Å². The first kappa shape index (κ1) is 25.1. The van der Waals surface area contributed by atoms with Gasteiger partial charge in [-0.05, 0) is 34.9 Å². The lowest BCUT2D eigenvalue weighted by Gasteiger charge is -2.27. The minimum absolute atomic E-state index is 0.124. The Morgan fingerprint density at radius 2 is 1.86 bits per heavy atom. The summed E-state index contributed by atoms with van der Waals surface area (Å²) in [5.41, 5.74) is 4.17. The SMILES string of the molecule is CON=C1C[C@@H](CC(=O)N(CCO)Cc2ccccc2)N(C(=O)c2ccc(-c3cccnc3)cc2)C1. The fourth-order valence-electron chi connectivity index (χ4n) is 4.44. The van der Waals surface area contributed by atoms with Crippen molar-refractivity contribution in [2.45, 2.75) is 25.4 Å². The van der Waals surface area contributed by atoms with Gasteiger partial charge in [-0.1, -0.05) is 53.7 Å². The number of amides is 2. The van der Waals surface area contributed by atoms with Crippen molar-refractivity contribution in [2.24, 2.45) is 5.16 Å². The summed E-state index contributed by atoms with van der Waals surface area (Å²) in [5, 5.41) is 13.6. The number of carbonyl (C=O) groups is 2. The molecule has 0 saturated carbocycles. The maximum absolute atomic E-state index is 13.5. The van der Waals surface area contributed by atoms with Crippen LogP contribution in [0.4, 0.5) is 0 Å². The van der Waals surface area contributed by atoms with Gasteiger partial charge in [0.05, 0.1) is 18.9 Å². The van der Waals surface area contributed by atoms with Gasteiger partial charge in [0, 0.05) is 49.9 Å². The van der Waals surface area contributed by atoms with Gasteiger partial charge in [0.15, 0.2) is 0 Å². The number of aliphatic hydroxyl groups excluding tert-OH is 1. The van der Waals surface area contributed by atoms with Crippen LogP contribution in [0.5, 0.6) is 0 Å². The molecule has 0 unspecified atom stereocenters. The van der Waals surface area contributed by atoms with Crippen LogP contribution in [0.3, 0.4) is 0 Å². The Balaban J connectivity index is 1.50. The van der Waals surface area contributed by atoms with Crippen LogP contribution >= 0.6 is 0 Å². The second kappa shape index (κ2) is 12.1. The first-order valence-electron chi connectivity index (χ1n) is 11.9. The molecule has 0 radical (unpaired) electrons. The smallest absolute Gasteiger partial charge is 0.254 e. The molecule has 1 N–H and O–H groups in total. The quantitative estimate of drug-likeness (QED) is 0.468. The second-order valence-corrected chi connectivity index (χ2v) is 8.68. The van der Waals surface area contributed by atoms with Gasteiger partial charge in [0.2, 0.25) is 5.91 Å². The van der Waals surface area contributed by atoms with Crippen molar-refractivity contribution in [1.29, 1.82) is 0 Å². The third-order valence-electron chi connectivity index (χ3n) is 6.22. The molecule has 36 heavy (non-hydrogen) atoms. The zero-order valence-electron chi connectivity index (χ0n) is 20.3. The molecule has 1 fully saturated rings. The Hall–Kier alpha value is -4.04. The van der Waals surface area contributed by atoms with Crippen molar-refractivity contribution >= 4 is 17.5 Å². The molecule has 0 bridgehead atoms. The molecule has 1 aliphatic rings. The van der Waals surface area contributed by atoms with E-state index in [1.165, 1.54) is 7.11 Å². The molecule has 0 spiro atoms. The van der Waals surface area contributed by atoms with E-state index < -0.39 is 0 Å². The van der Waals surface area contributed by atoms with Gasteiger partial charge in [-0.15, -0.1) is 0 Å². The predicted molar refractivity (Wildman–Crippen MR) is 137 cm³/mol. The number of pyridine rings is 1. The van der Waals surface area contributed by atoms with E-state index in [9.17, 15) is 14.7 Å². The number of hydrogen-bond acceptors (Lipinski definition) is 6. The summed E-state index contributed by atoms with van der Waals surface area (Å²) in [6.45, 7) is 0.790. The fraction of sp³-hybridized carbons (Fsp3) is 0.286. The summed E-state index contributed by atoms with van der Waals surface area (Å²) in [7, 11) is 1.47. The van der Waals surface area contributed by atoms with E-state index in [1.807, 2.05) is 54.6 Å². The van der Waals surface area contributed by atoms with Gasteiger partial charge in [0.1, 0.15) is 7.11 Å². The van der Waals surface area contributed by atoms with Crippen LogP contribution in [0.25, 0.3) is 11.1 Å². The highest BCUT2D eigenvalue weighted by Gasteiger charge is 2.36. The van der Waals surface area contributed by atoms with E-state index in [0.29, 0.717) is 30.8 Å². The fourth-order valence-corrected chi connectivity index (χ4v) is 4.44. The molecule has 8 nitrogen and oxygen atoms in total. The Morgan fingerprint density at radius 1 is 1.08 bits per heavy atom. The predicted octanol–water partition coefficient (Wildman–Crippen LogP) is 3.38. The monoisotopic (exact) mass is 486 g/mol. The molecular weight excluding hydrogens is 456 g/mol. The zero-order valence-corrected chi connectivity index (χ0v) is 20.3. The summed E-state index contributed by atoms with van der Waals surface area (Å²) in [5.74, 6) is -0.287. The van der Waals surface area contributed by atoms with Gasteiger partial charge < -0.3 is 19.7 Å². The molecule has 2 amide bonds. The molecule has 186 valence electrons. The maximum atomic E-state index is 13.5. The Kier molecular flexibility index (Phi) is 8.41. The molecule has 4 rings (SSSR count). The molecule has 0 aliphatic carbocycles. The highest BCUT2D eigenvalue weighted by molar-refractivity contribution is 6.01. The van der Waals surface area contributed by atoms with E-state index in [4.69, 9.17) is 4.84 Å². The van der Waals surface area contributed by atoms with E-state index in [2.05, 4.69) is 10.1 Å². The van der Waals surface area contributed by atoms with Crippen LogP contribution in [0, 0.1) is 0 Å². The molecular formula is C28H30N4O4. The molecule has 1 saturated heterocycles. The summed E-state index contributed by atoms with van der Waals surface area (Å²) < 4.78 is 0. The molecule has 1 aromatic heterocycles. The first-order chi connectivity index (χ1) is 17.6. The lowest BCUT2D eigenvalue weighted by Crippen LogP contribution is -2.41. The van der Waals surface area contributed by atoms with Crippen molar-refractivity contribution in [1.82, 2.24) is 14.8 Å². The number of benzene rings is 2. The van der Waals surface area contributed by atoms with Crippen LogP contribution in [0.1, 0.15) is 28.8 Å². The van der Waals surface area contributed by atoms with Crippen molar-refractivity contribution < 1.29 is 19.5 Å². The van der Waals surface area contributed by atoms with Crippen molar-refractivity contribution in [2.75, 3.05) is 26.8 Å². The molecule has 2 heterocycles. The second-order valence-electron chi connectivity index (χ2n) is 8.68. The van der Waals surface area contributed by atoms with Gasteiger partial charge >= 0.3 is 0 Å². The van der Waals surface area contributed by atoms with E-state index in [-0.39, 0.29) is 37.4 Å². The van der Waals surface area contributed by atoms with Crippen LogP contribution in [-0.4, -0.2) is 70.3 Å². The molecule has 3 aromatic rings. The average Bonchev–Trinajstić information content (AvgIpc) is 3.31. The lowest BCUT2D eigenvalue weighted by atomic mass is 10.0. The van der Waals surface area contributed by atoms with Crippen LogP contribution in [0.2, 0.25) is 0 Å². The minimum Gasteiger partial charge on any atom is -0.399 e. The highest BCUT2D eigenvalue weighted by Crippen LogP contribution is 2.25. The topological polar surface area (TPSA) is 95.3 Å². The van der Waals surface area contributed by atoms with Gasteiger partial charge in [-0.3, -0.25) is 14.6 Å². The number of rotatable bonds is 9. The van der Waals surface area contributed by atoms with Crippen molar-refractivity contribution in [3.63, 3.8) is 0 Å². The normalized spacial score (nSPS) is 16.2. The third-order valence-corrected chi connectivity index (χ3v) is 6.22. The van der Waals surface area contributed by atoms with E-state index in [0.717, 1.165) is 16.7 Å². The molecule has 2 aromatic carbocycles. The molecule has 8 heteroatoms. The van der Waals surface area contributed by atoms with Crippen LogP contribution in [-0.2, 0) is 16.2 Å². The maximum Gasteiger partial charge on any atom is 0.254 e. The summed E-state index contributed by atoms with van der Waals surface area (Å²) in [6.07, 6.45) is 4.09. The van der Waals surface area contributed by atoms with Crippen molar-refractivity contribution in [3.05, 3.63) is 90.3 Å². The number of carbonyl (C=O) groups excluding carboxylic acids is 2. The largest absolute Gasteiger partial charge is 0.399 e. The first-order valence-corrected chi connectivity index (χ1v) is 11.9. The standard InChI is InChI=1S/C28H30N4O4/c1-36-30-25-16-26(17-27(34)31(14-15-33)19-21-6-3-2-4-7-21)32(20-25)28(35)23-11-9-22(10-12-23)24-8-5-13-29-18-24/h2-13,18,26,33H,14-17,19-20H2,1H3/t26-/m0/s1. The minimum atomic E-state index is -0.353. The lowest BCUT2D eigenvalue weighted by molar-refractivity contribution is -0.133. The Morgan fingerprint density at radius 3 is 2.53 bits per heavy atom. The molecule has 1 aliphatic heterocycles. The summed E-state index contributed by atoms with van der Waals surface area (Å²) in [6, 6.07) is 20.5. The summed E-state index contributed by atoms with van der Waals surface area (Å²) in [4.78, 5) is 39.2. The number of hydrogen-bond donors (Lipinski definition) is 1. The van der Waals surface area contributed by atoms with E-state index in [1.54, 1.807) is 34.3 Å². The van der Waals surface area contributed by atoms with Gasteiger partial charge in [-0.25, -0.2) is 0 Å². The summed E-state index contributed by atoms with van der Waals surface area (Å²) >= 11 is 0. The Labute approximate surface area is 210 Å². The Bertz CT molecular complexity index is 1180. The van der Waals surface area contributed by atoms with E-state index >= 15 is 0 Å². The number of aromatic nitrogens is 1. The number of aliphatic hydroxyl groups is 1. The zero-order chi connectivity index (χ0) is 25.3. The number of nitrogens with zero attached hydrogens (tertiary/aromatic N) is 4. The average molecular weight is 487 g/mol.